The summed E-state index contributed by atoms with van der Waals surface area (Å²) in [6.07, 6.45) is 1.00. The third-order valence-corrected chi connectivity index (χ3v) is 3.59. The molecular formula is C13H14ClNO4. The zero-order valence-electron chi connectivity index (χ0n) is 10.6. The van der Waals surface area contributed by atoms with Gasteiger partial charge in [0.15, 0.2) is 0 Å². The van der Waals surface area contributed by atoms with E-state index in [2.05, 4.69) is 5.32 Å². The number of aliphatic carboxylic acids is 1. The first-order valence-electron chi connectivity index (χ1n) is 5.80. The quantitative estimate of drug-likeness (QED) is 0.890. The van der Waals surface area contributed by atoms with Gasteiger partial charge in [-0.05, 0) is 25.0 Å². The summed E-state index contributed by atoms with van der Waals surface area (Å²) in [4.78, 5) is 22.8. The van der Waals surface area contributed by atoms with Crippen molar-refractivity contribution >= 4 is 29.2 Å². The number of halogens is 1. The van der Waals surface area contributed by atoms with Crippen LogP contribution < -0.4 is 10.1 Å². The Kier molecular flexibility index (Phi) is 3.41. The van der Waals surface area contributed by atoms with Gasteiger partial charge in [0.2, 0.25) is 5.91 Å². The fourth-order valence-corrected chi connectivity index (χ4v) is 2.53. The number of methoxy groups -OCH3 is 1. The monoisotopic (exact) mass is 283 g/mol. The first-order valence-corrected chi connectivity index (χ1v) is 6.18. The van der Waals surface area contributed by atoms with Crippen molar-refractivity contribution in [3.8, 4) is 5.75 Å². The third kappa shape index (κ3) is 2.26. The molecule has 0 heterocycles. The Hall–Kier alpha value is -1.75. The number of anilines is 1. The number of carbonyl (C=O) groups is 2. The standard InChI is InChI=1S/C13H14ClNO4/c1-7(16)15-11-9(19-2)4-3-8(14)10(11)13(5-6-13)12(17)18/h3-4H,5-6H2,1-2H3,(H,15,16)(H,17,18). The predicted molar refractivity (Wildman–Crippen MR) is 70.9 cm³/mol. The molecule has 5 nitrogen and oxygen atoms in total. The van der Waals surface area contributed by atoms with E-state index in [0.717, 1.165) is 0 Å². The molecule has 0 saturated heterocycles. The van der Waals surface area contributed by atoms with Crippen LogP contribution in [0.25, 0.3) is 0 Å². The minimum atomic E-state index is -1.01. The van der Waals surface area contributed by atoms with E-state index in [1.54, 1.807) is 12.1 Å². The van der Waals surface area contributed by atoms with Crippen molar-refractivity contribution in [2.45, 2.75) is 25.2 Å². The van der Waals surface area contributed by atoms with Gasteiger partial charge in [0.25, 0.3) is 0 Å². The molecule has 1 aliphatic carbocycles. The molecular weight excluding hydrogens is 270 g/mol. The van der Waals surface area contributed by atoms with Crippen molar-refractivity contribution in [2.24, 2.45) is 0 Å². The summed E-state index contributed by atoms with van der Waals surface area (Å²) in [6.45, 7) is 1.35. The van der Waals surface area contributed by atoms with Gasteiger partial charge in [-0.1, -0.05) is 11.6 Å². The number of hydrogen-bond donors (Lipinski definition) is 2. The van der Waals surface area contributed by atoms with Gasteiger partial charge in [-0.25, -0.2) is 0 Å². The predicted octanol–water partition coefficient (Wildman–Crippen LogP) is 2.42. The molecule has 0 aromatic heterocycles. The molecule has 1 amide bonds. The van der Waals surface area contributed by atoms with Crippen molar-refractivity contribution in [1.29, 1.82) is 0 Å². The average molecular weight is 284 g/mol. The van der Waals surface area contributed by atoms with Crippen LogP contribution in [0.3, 0.4) is 0 Å². The molecule has 0 aliphatic heterocycles. The maximum absolute atomic E-state index is 11.5. The normalized spacial score (nSPS) is 15.7. The zero-order valence-corrected chi connectivity index (χ0v) is 11.4. The van der Waals surface area contributed by atoms with E-state index in [-0.39, 0.29) is 5.91 Å². The summed E-state index contributed by atoms with van der Waals surface area (Å²) in [5, 5.41) is 12.3. The van der Waals surface area contributed by atoms with Crippen LogP contribution in [0, 0.1) is 0 Å². The number of benzene rings is 1. The molecule has 1 aliphatic rings. The highest BCUT2D eigenvalue weighted by Gasteiger charge is 2.54. The molecule has 0 unspecified atom stereocenters. The summed E-state index contributed by atoms with van der Waals surface area (Å²) in [5.74, 6) is -0.834. The average Bonchev–Trinajstić information content (AvgIpc) is 3.10. The SMILES string of the molecule is COc1ccc(Cl)c(C2(C(=O)O)CC2)c1NC(C)=O. The summed E-state index contributed by atoms with van der Waals surface area (Å²) in [5.41, 5.74) is -0.234. The summed E-state index contributed by atoms with van der Waals surface area (Å²) >= 11 is 6.14. The van der Waals surface area contributed by atoms with Crippen molar-refractivity contribution in [2.75, 3.05) is 12.4 Å². The Labute approximate surface area is 115 Å². The van der Waals surface area contributed by atoms with Crippen LogP contribution in [0.15, 0.2) is 12.1 Å². The number of carbonyl (C=O) groups excluding carboxylic acids is 1. The lowest BCUT2D eigenvalue weighted by molar-refractivity contribution is -0.140. The van der Waals surface area contributed by atoms with Crippen molar-refractivity contribution in [1.82, 2.24) is 0 Å². The van der Waals surface area contributed by atoms with Gasteiger partial charge in [0.05, 0.1) is 18.2 Å². The molecule has 6 heteroatoms. The minimum Gasteiger partial charge on any atom is -0.495 e. The Bertz CT molecular complexity index is 552. The highest BCUT2D eigenvalue weighted by Crippen LogP contribution is 2.55. The third-order valence-electron chi connectivity index (χ3n) is 3.28. The van der Waals surface area contributed by atoms with Gasteiger partial charge in [0.1, 0.15) is 5.75 Å². The number of nitrogens with one attached hydrogen (secondary N) is 1. The number of rotatable bonds is 4. The van der Waals surface area contributed by atoms with Gasteiger partial charge >= 0.3 is 5.97 Å². The number of hydrogen-bond acceptors (Lipinski definition) is 3. The highest BCUT2D eigenvalue weighted by atomic mass is 35.5. The molecule has 0 bridgehead atoms. The number of ether oxygens (including phenoxy) is 1. The molecule has 19 heavy (non-hydrogen) atoms. The molecule has 102 valence electrons. The topological polar surface area (TPSA) is 75.6 Å². The molecule has 1 aromatic rings. The largest absolute Gasteiger partial charge is 0.495 e. The van der Waals surface area contributed by atoms with E-state index in [1.807, 2.05) is 0 Å². The Morgan fingerprint density at radius 2 is 2.05 bits per heavy atom. The summed E-state index contributed by atoms with van der Waals surface area (Å²) in [7, 11) is 1.46. The fourth-order valence-electron chi connectivity index (χ4n) is 2.19. The number of amides is 1. The molecule has 1 fully saturated rings. The van der Waals surface area contributed by atoms with E-state index in [0.29, 0.717) is 34.9 Å². The smallest absolute Gasteiger partial charge is 0.314 e. The second kappa shape index (κ2) is 4.74. The van der Waals surface area contributed by atoms with Crippen molar-refractivity contribution in [3.63, 3.8) is 0 Å². The second-order valence-electron chi connectivity index (χ2n) is 4.57. The summed E-state index contributed by atoms with van der Waals surface area (Å²) in [6, 6.07) is 3.19. The molecule has 1 saturated carbocycles. The van der Waals surface area contributed by atoms with Crippen LogP contribution in [0.5, 0.6) is 5.75 Å². The second-order valence-corrected chi connectivity index (χ2v) is 4.98. The van der Waals surface area contributed by atoms with E-state index in [4.69, 9.17) is 16.3 Å². The Morgan fingerprint density at radius 3 is 2.47 bits per heavy atom. The zero-order chi connectivity index (χ0) is 14.2. The van der Waals surface area contributed by atoms with E-state index in [1.165, 1.54) is 14.0 Å². The van der Waals surface area contributed by atoms with E-state index >= 15 is 0 Å². The molecule has 0 spiro atoms. The maximum Gasteiger partial charge on any atom is 0.314 e. The van der Waals surface area contributed by atoms with Gasteiger partial charge in [-0.15, -0.1) is 0 Å². The van der Waals surface area contributed by atoms with E-state index in [9.17, 15) is 14.7 Å². The van der Waals surface area contributed by atoms with E-state index < -0.39 is 11.4 Å². The summed E-state index contributed by atoms with van der Waals surface area (Å²) < 4.78 is 5.18. The van der Waals surface area contributed by atoms with Crippen LogP contribution in [-0.2, 0) is 15.0 Å². The maximum atomic E-state index is 11.5. The first-order chi connectivity index (χ1) is 8.92. The van der Waals surface area contributed by atoms with Gasteiger partial charge < -0.3 is 15.2 Å². The van der Waals surface area contributed by atoms with Gasteiger partial charge in [-0.2, -0.15) is 0 Å². The molecule has 1 aromatic carbocycles. The van der Waals surface area contributed by atoms with Crippen LogP contribution in [0.1, 0.15) is 25.3 Å². The van der Waals surface area contributed by atoms with Crippen LogP contribution >= 0.6 is 11.6 Å². The van der Waals surface area contributed by atoms with Crippen LogP contribution in [0.4, 0.5) is 5.69 Å². The lowest BCUT2D eigenvalue weighted by Crippen LogP contribution is -2.23. The van der Waals surface area contributed by atoms with Gasteiger partial charge in [0, 0.05) is 17.5 Å². The molecule has 0 atom stereocenters. The first kappa shape index (κ1) is 13.7. The van der Waals surface area contributed by atoms with Crippen LogP contribution in [-0.4, -0.2) is 24.1 Å². The number of carboxylic acids is 1. The Balaban J connectivity index is 2.64. The highest BCUT2D eigenvalue weighted by molar-refractivity contribution is 6.32. The van der Waals surface area contributed by atoms with Crippen molar-refractivity contribution < 1.29 is 19.4 Å². The minimum absolute atomic E-state index is 0.303. The lowest BCUT2D eigenvalue weighted by atomic mass is 9.93. The van der Waals surface area contributed by atoms with Crippen molar-refractivity contribution in [3.05, 3.63) is 22.7 Å². The molecule has 2 N–H and O–H groups in total. The number of carboxylic acid groups (broad SMARTS) is 1. The molecule has 2 rings (SSSR count). The van der Waals surface area contributed by atoms with Gasteiger partial charge in [-0.3, -0.25) is 9.59 Å². The Morgan fingerprint density at radius 1 is 1.42 bits per heavy atom. The lowest BCUT2D eigenvalue weighted by Gasteiger charge is -2.20. The van der Waals surface area contributed by atoms with Crippen LogP contribution in [0.2, 0.25) is 5.02 Å². The fraction of sp³-hybridized carbons (Fsp3) is 0.385. The molecule has 0 radical (unpaired) electrons.